The maximum Gasteiger partial charge on any atom is 0.323 e. The van der Waals surface area contributed by atoms with E-state index in [0.717, 1.165) is 16.3 Å². The Labute approximate surface area is 260 Å². The van der Waals surface area contributed by atoms with Crippen molar-refractivity contribution in [1.82, 2.24) is 24.6 Å². The van der Waals surface area contributed by atoms with Crippen LogP contribution in [0, 0.1) is 0 Å². The smallest absolute Gasteiger partial charge is 0.323 e. The predicted molar refractivity (Wildman–Crippen MR) is 169 cm³/mol. The number of imidazole rings is 1. The van der Waals surface area contributed by atoms with Gasteiger partial charge in [0.2, 0.25) is 5.28 Å². The fraction of sp³-hybridized carbons (Fsp3) is 0.290. The molecule has 2 aromatic heterocycles. The molecule has 44 heavy (non-hydrogen) atoms. The number of nitrogen functional groups attached to an aromatic ring is 1. The van der Waals surface area contributed by atoms with E-state index in [1.54, 1.807) is 11.5 Å². The second kappa shape index (κ2) is 13.8. The first-order valence-electron chi connectivity index (χ1n) is 14.3. The summed E-state index contributed by atoms with van der Waals surface area (Å²) in [4.78, 5) is 25.7. The first-order valence-corrected chi connectivity index (χ1v) is 15.9. The number of carbonyl (C=O) groups excluding carboxylic acids is 1. The van der Waals surface area contributed by atoms with Gasteiger partial charge >= 0.3 is 14.5 Å². The van der Waals surface area contributed by atoms with Gasteiger partial charge in [0.25, 0.3) is 0 Å². The molecule has 1 fully saturated rings. The Hall–Kier alpha value is -3.86. The van der Waals surface area contributed by atoms with Crippen LogP contribution in [0.5, 0.6) is 5.75 Å². The van der Waals surface area contributed by atoms with Crippen LogP contribution in [0.15, 0.2) is 79.1 Å². The lowest BCUT2D eigenvalue weighted by Crippen LogP contribution is -2.38. The van der Waals surface area contributed by atoms with Crippen molar-refractivity contribution in [3.8, 4) is 5.75 Å². The van der Waals surface area contributed by atoms with Crippen LogP contribution in [-0.2, 0) is 25.2 Å². The number of fused-ring (bicyclic) bond motifs is 2. The average molecular weight is 635 g/mol. The number of esters is 1. The van der Waals surface area contributed by atoms with Gasteiger partial charge in [-0.1, -0.05) is 66.7 Å². The first kappa shape index (κ1) is 30.2. The topological polar surface area (TPSA) is 136 Å². The minimum atomic E-state index is -1.82. The third kappa shape index (κ3) is 6.77. The van der Waals surface area contributed by atoms with Gasteiger partial charge in [0.15, 0.2) is 17.0 Å². The van der Waals surface area contributed by atoms with Crippen molar-refractivity contribution in [1.29, 1.82) is 0 Å². The highest BCUT2D eigenvalue weighted by Crippen LogP contribution is 2.41. The van der Waals surface area contributed by atoms with Crippen molar-refractivity contribution in [2.24, 2.45) is 0 Å². The molecule has 5 aromatic rings. The molecule has 4 unspecified atom stereocenters. The number of halogens is 1. The van der Waals surface area contributed by atoms with Gasteiger partial charge < -0.3 is 24.3 Å². The van der Waals surface area contributed by atoms with Crippen LogP contribution in [0.1, 0.15) is 31.6 Å². The highest BCUT2D eigenvalue weighted by Gasteiger charge is 2.33. The molecule has 6 rings (SSSR count). The van der Waals surface area contributed by atoms with E-state index in [9.17, 15) is 4.79 Å². The number of benzene rings is 3. The molecule has 1 saturated heterocycles. The molecule has 0 bridgehead atoms. The summed E-state index contributed by atoms with van der Waals surface area (Å²) in [5, 5.41) is 5.51. The van der Waals surface area contributed by atoms with Crippen LogP contribution < -0.4 is 15.3 Å². The van der Waals surface area contributed by atoms with Crippen LogP contribution in [0.4, 0.5) is 5.82 Å². The number of ether oxygens (including phenoxy) is 2. The quantitative estimate of drug-likeness (QED) is 0.0958. The Kier molecular flexibility index (Phi) is 9.49. The highest BCUT2D eigenvalue weighted by molar-refractivity contribution is 7.45. The molecule has 4 atom stereocenters. The zero-order valence-corrected chi connectivity index (χ0v) is 25.7. The van der Waals surface area contributed by atoms with E-state index in [1.165, 1.54) is 6.33 Å². The molecule has 1 aliphatic heterocycles. The van der Waals surface area contributed by atoms with Gasteiger partial charge in [-0.25, -0.2) is 20.0 Å². The number of rotatable bonds is 12. The fourth-order valence-electron chi connectivity index (χ4n) is 5.16. The zero-order valence-electron chi connectivity index (χ0n) is 24.0. The van der Waals surface area contributed by atoms with Gasteiger partial charge in [-0.15, -0.1) is 0 Å². The van der Waals surface area contributed by atoms with Crippen molar-refractivity contribution in [3.05, 3.63) is 90.0 Å². The molecule has 0 saturated carbocycles. The molecule has 0 amide bonds. The number of anilines is 1. The first-order chi connectivity index (χ1) is 21.5. The van der Waals surface area contributed by atoms with E-state index < -0.39 is 20.8 Å². The van der Waals surface area contributed by atoms with E-state index in [4.69, 9.17) is 35.9 Å². The standard InChI is InChI=1S/C31H32ClN6O5P/c1-2-40-30(39)24(17-20-9-4-3-5-10-20)37-44(43-25-14-8-12-21-11-6-7-13-23(21)25)41-18-22-15-16-26(42-22)38-29-27(36-31(38)32)28(33)34-19-35-29/h3-14,19,22,24,26,37H,2,15-18H2,1H3,(H2,33,34,35). The molecular formula is C31H32ClN6O5P. The summed E-state index contributed by atoms with van der Waals surface area (Å²) in [6.45, 7) is 2.25. The van der Waals surface area contributed by atoms with Crippen LogP contribution in [0.25, 0.3) is 21.9 Å². The van der Waals surface area contributed by atoms with Crippen LogP contribution in [-0.4, -0.2) is 50.8 Å². The maximum atomic E-state index is 13.1. The Balaban J connectivity index is 1.21. The van der Waals surface area contributed by atoms with Gasteiger partial charge in [-0.2, -0.15) is 0 Å². The Morgan fingerprint density at radius 3 is 2.75 bits per heavy atom. The zero-order chi connectivity index (χ0) is 30.5. The number of nitrogens with two attached hydrogens (primary N) is 1. The van der Waals surface area contributed by atoms with Crippen molar-refractivity contribution in [2.45, 2.75) is 44.6 Å². The molecule has 0 radical (unpaired) electrons. The average Bonchev–Trinajstić information content (AvgIpc) is 3.64. The van der Waals surface area contributed by atoms with Gasteiger partial charge in [0, 0.05) is 5.39 Å². The lowest BCUT2D eigenvalue weighted by atomic mass is 10.1. The minimum Gasteiger partial charge on any atom is -0.465 e. The van der Waals surface area contributed by atoms with Gasteiger partial charge in [-0.3, -0.25) is 9.36 Å². The lowest BCUT2D eigenvalue weighted by molar-refractivity contribution is -0.145. The number of hydrogen-bond acceptors (Lipinski definition) is 10. The number of hydrogen-bond donors (Lipinski definition) is 2. The minimum absolute atomic E-state index is 0.211. The van der Waals surface area contributed by atoms with E-state index in [-0.39, 0.29) is 36.4 Å². The summed E-state index contributed by atoms with van der Waals surface area (Å²) in [7, 11) is -1.82. The molecule has 3 N–H and O–H groups in total. The normalized spacial score (nSPS) is 18.0. The van der Waals surface area contributed by atoms with Gasteiger partial charge in [0.1, 0.15) is 24.3 Å². The van der Waals surface area contributed by atoms with Crippen LogP contribution >= 0.6 is 20.1 Å². The van der Waals surface area contributed by atoms with Crippen molar-refractivity contribution in [2.75, 3.05) is 18.9 Å². The van der Waals surface area contributed by atoms with Crippen molar-refractivity contribution < 1.29 is 23.3 Å². The predicted octanol–water partition coefficient (Wildman–Crippen LogP) is 5.98. The highest BCUT2D eigenvalue weighted by atomic mass is 35.5. The summed E-state index contributed by atoms with van der Waals surface area (Å²) in [6.07, 6.45) is 2.47. The van der Waals surface area contributed by atoms with E-state index in [1.807, 2.05) is 72.8 Å². The summed E-state index contributed by atoms with van der Waals surface area (Å²) in [6, 6.07) is 22.8. The third-order valence-corrected chi connectivity index (χ3v) is 8.79. The van der Waals surface area contributed by atoms with Crippen LogP contribution in [0.3, 0.4) is 0 Å². The van der Waals surface area contributed by atoms with E-state index in [2.05, 4.69) is 20.0 Å². The third-order valence-electron chi connectivity index (χ3n) is 7.26. The molecule has 228 valence electrons. The monoisotopic (exact) mass is 634 g/mol. The molecule has 0 spiro atoms. The number of nitrogens with one attached hydrogen (secondary N) is 1. The van der Waals surface area contributed by atoms with Gasteiger partial charge in [-0.05, 0) is 54.8 Å². The number of nitrogens with zero attached hydrogens (tertiary/aromatic N) is 4. The van der Waals surface area contributed by atoms with E-state index in [0.29, 0.717) is 36.2 Å². The molecule has 0 aliphatic carbocycles. The second-order valence-corrected chi connectivity index (χ2v) is 11.8. The molecule has 3 aromatic carbocycles. The van der Waals surface area contributed by atoms with Gasteiger partial charge in [0.05, 0.1) is 19.3 Å². The van der Waals surface area contributed by atoms with Crippen molar-refractivity contribution >= 4 is 53.9 Å². The summed E-state index contributed by atoms with van der Waals surface area (Å²) >= 11 is 6.46. The van der Waals surface area contributed by atoms with E-state index >= 15 is 0 Å². The fourth-order valence-corrected chi connectivity index (χ4v) is 6.71. The molecule has 13 heteroatoms. The maximum absolute atomic E-state index is 13.1. The second-order valence-electron chi connectivity index (χ2n) is 10.2. The summed E-state index contributed by atoms with van der Waals surface area (Å²) < 4.78 is 26.3. The Morgan fingerprint density at radius 2 is 1.91 bits per heavy atom. The molecule has 11 nitrogen and oxygen atoms in total. The molecule has 1 aliphatic rings. The lowest BCUT2D eigenvalue weighted by Gasteiger charge is -2.25. The number of aromatic nitrogens is 4. The number of carbonyl (C=O) groups is 1. The van der Waals surface area contributed by atoms with Crippen molar-refractivity contribution in [3.63, 3.8) is 0 Å². The Bertz CT molecular complexity index is 1740. The molecule has 3 heterocycles. The summed E-state index contributed by atoms with van der Waals surface area (Å²) in [5.41, 5.74) is 7.89. The Morgan fingerprint density at radius 1 is 1.11 bits per heavy atom. The van der Waals surface area contributed by atoms with Crippen LogP contribution in [0.2, 0.25) is 5.28 Å². The summed E-state index contributed by atoms with van der Waals surface area (Å²) in [5.74, 6) is 0.514. The largest absolute Gasteiger partial charge is 0.465 e. The SMILES string of the molecule is CCOC(=O)C(Cc1ccccc1)NP(OCC1CCC(n2c(Cl)nc3c(N)ncnc32)O1)Oc1cccc2ccccc12. The molecular weight excluding hydrogens is 603 g/mol.